The molecule has 0 aliphatic heterocycles. The zero-order valence-corrected chi connectivity index (χ0v) is 10.2. The summed E-state index contributed by atoms with van der Waals surface area (Å²) in [5, 5.41) is 18.0. The third-order valence-electron chi connectivity index (χ3n) is 2.39. The van der Waals surface area contributed by atoms with Crippen LogP contribution in [0.1, 0.15) is 17.5 Å². The fraction of sp³-hybridized carbons (Fsp3) is 0.0714. The summed E-state index contributed by atoms with van der Waals surface area (Å²) < 4.78 is 5.60. The van der Waals surface area contributed by atoms with Crippen LogP contribution >= 0.6 is 12.2 Å². The van der Waals surface area contributed by atoms with Crippen molar-refractivity contribution in [3.8, 4) is 17.9 Å². The van der Waals surface area contributed by atoms with Gasteiger partial charge < -0.3 is 4.74 Å². The standard InChI is InChI=1S/C14H8N2OS/c15-8-10-3-1-6-14(13(10)9-16)17-11-4-2-5-12(18)7-11/h1-4,6-7H,5H2. The SMILES string of the molecule is N#Cc1cccc(OC2=CC(=S)CC=C2)c1C#N. The molecule has 0 unspecified atom stereocenters. The molecule has 0 N–H and O–H groups in total. The number of allylic oxidation sites excluding steroid dienone is 3. The first-order chi connectivity index (χ1) is 8.74. The minimum Gasteiger partial charge on any atom is -0.456 e. The van der Waals surface area contributed by atoms with E-state index in [0.717, 1.165) is 11.3 Å². The average molecular weight is 252 g/mol. The van der Waals surface area contributed by atoms with Gasteiger partial charge in [-0.1, -0.05) is 24.4 Å². The molecule has 0 aromatic heterocycles. The van der Waals surface area contributed by atoms with Crippen LogP contribution in [0, 0.1) is 22.7 Å². The molecule has 0 atom stereocenters. The topological polar surface area (TPSA) is 56.8 Å². The number of thiocarbonyl (C=S) groups is 1. The summed E-state index contributed by atoms with van der Waals surface area (Å²) >= 11 is 5.08. The molecule has 2 rings (SSSR count). The highest BCUT2D eigenvalue weighted by Gasteiger charge is 2.11. The number of rotatable bonds is 2. The van der Waals surface area contributed by atoms with Gasteiger partial charge >= 0.3 is 0 Å². The van der Waals surface area contributed by atoms with Crippen LogP contribution in [0.25, 0.3) is 0 Å². The molecular weight excluding hydrogens is 244 g/mol. The largest absolute Gasteiger partial charge is 0.456 e. The van der Waals surface area contributed by atoms with E-state index in [0.29, 0.717) is 17.1 Å². The van der Waals surface area contributed by atoms with E-state index in [-0.39, 0.29) is 5.56 Å². The maximum atomic E-state index is 9.07. The Morgan fingerprint density at radius 3 is 2.72 bits per heavy atom. The molecule has 0 heterocycles. The van der Waals surface area contributed by atoms with Gasteiger partial charge in [0.05, 0.1) is 5.56 Å². The zero-order valence-electron chi connectivity index (χ0n) is 9.38. The van der Waals surface area contributed by atoms with Crippen LogP contribution in [-0.2, 0) is 0 Å². The van der Waals surface area contributed by atoms with Crippen molar-refractivity contribution < 1.29 is 4.74 Å². The van der Waals surface area contributed by atoms with Crippen molar-refractivity contribution in [3.63, 3.8) is 0 Å². The predicted molar refractivity (Wildman–Crippen MR) is 70.9 cm³/mol. The smallest absolute Gasteiger partial charge is 0.146 e. The van der Waals surface area contributed by atoms with Gasteiger partial charge in [0.1, 0.15) is 29.2 Å². The third-order valence-corrected chi connectivity index (χ3v) is 2.68. The van der Waals surface area contributed by atoms with Crippen molar-refractivity contribution >= 4 is 17.1 Å². The van der Waals surface area contributed by atoms with E-state index >= 15 is 0 Å². The van der Waals surface area contributed by atoms with E-state index in [2.05, 4.69) is 0 Å². The molecule has 86 valence electrons. The molecule has 1 aliphatic carbocycles. The lowest BCUT2D eigenvalue weighted by Gasteiger charge is -2.11. The average Bonchev–Trinajstić information content (AvgIpc) is 2.38. The highest BCUT2D eigenvalue weighted by Crippen LogP contribution is 2.24. The molecule has 1 aliphatic rings. The molecule has 0 spiro atoms. The quantitative estimate of drug-likeness (QED) is 0.759. The highest BCUT2D eigenvalue weighted by atomic mass is 32.1. The van der Waals surface area contributed by atoms with Crippen molar-refractivity contribution in [1.82, 2.24) is 0 Å². The fourth-order valence-electron chi connectivity index (χ4n) is 1.57. The maximum Gasteiger partial charge on any atom is 0.146 e. The van der Waals surface area contributed by atoms with Gasteiger partial charge in [-0.15, -0.1) is 0 Å². The van der Waals surface area contributed by atoms with Gasteiger partial charge in [0.2, 0.25) is 0 Å². The number of benzene rings is 1. The molecule has 0 bridgehead atoms. The molecular formula is C14H8N2OS. The molecule has 18 heavy (non-hydrogen) atoms. The van der Waals surface area contributed by atoms with Crippen molar-refractivity contribution in [2.45, 2.75) is 6.42 Å². The van der Waals surface area contributed by atoms with Crippen molar-refractivity contribution in [1.29, 1.82) is 10.5 Å². The zero-order chi connectivity index (χ0) is 13.0. The Labute approximate surface area is 110 Å². The summed E-state index contributed by atoms with van der Waals surface area (Å²) in [5.74, 6) is 0.954. The molecule has 0 saturated heterocycles. The van der Waals surface area contributed by atoms with E-state index in [1.807, 2.05) is 18.2 Å². The van der Waals surface area contributed by atoms with Crippen LogP contribution in [-0.4, -0.2) is 4.86 Å². The minimum absolute atomic E-state index is 0.241. The number of nitriles is 2. The Bertz CT molecular complexity index is 645. The van der Waals surface area contributed by atoms with Gasteiger partial charge in [-0.2, -0.15) is 10.5 Å². The van der Waals surface area contributed by atoms with Crippen LogP contribution in [0.2, 0.25) is 0 Å². The van der Waals surface area contributed by atoms with Crippen LogP contribution in [0.15, 0.2) is 42.2 Å². The van der Waals surface area contributed by atoms with Crippen LogP contribution in [0.3, 0.4) is 0 Å². The van der Waals surface area contributed by atoms with Crippen molar-refractivity contribution in [2.75, 3.05) is 0 Å². The lowest BCUT2D eigenvalue weighted by atomic mass is 10.1. The summed E-state index contributed by atoms with van der Waals surface area (Å²) in [6.45, 7) is 0. The third kappa shape index (κ3) is 2.45. The van der Waals surface area contributed by atoms with Gasteiger partial charge in [-0.25, -0.2) is 0 Å². The molecule has 1 aromatic carbocycles. The first-order valence-electron chi connectivity index (χ1n) is 5.26. The number of nitrogens with zero attached hydrogens (tertiary/aromatic N) is 2. The maximum absolute atomic E-state index is 9.07. The molecule has 0 amide bonds. The normalized spacial score (nSPS) is 13.4. The second-order valence-electron chi connectivity index (χ2n) is 3.62. The van der Waals surface area contributed by atoms with E-state index in [9.17, 15) is 0 Å². The van der Waals surface area contributed by atoms with Crippen LogP contribution in [0.5, 0.6) is 5.75 Å². The second-order valence-corrected chi connectivity index (χ2v) is 4.15. The van der Waals surface area contributed by atoms with Crippen LogP contribution in [0.4, 0.5) is 0 Å². The summed E-state index contributed by atoms with van der Waals surface area (Å²) in [6.07, 6.45) is 6.18. The lowest BCUT2D eigenvalue weighted by molar-refractivity contribution is 0.443. The van der Waals surface area contributed by atoms with E-state index < -0.39 is 0 Å². The Morgan fingerprint density at radius 1 is 1.22 bits per heavy atom. The summed E-state index contributed by atoms with van der Waals surface area (Å²) in [7, 11) is 0. The van der Waals surface area contributed by atoms with E-state index in [4.69, 9.17) is 27.5 Å². The summed E-state index contributed by atoms with van der Waals surface area (Å²) in [5.41, 5.74) is 0.545. The first-order valence-corrected chi connectivity index (χ1v) is 5.67. The molecule has 3 nitrogen and oxygen atoms in total. The van der Waals surface area contributed by atoms with Gasteiger partial charge in [-0.05, 0) is 24.3 Å². The summed E-state index contributed by atoms with van der Waals surface area (Å²) in [6, 6.07) is 8.88. The van der Waals surface area contributed by atoms with Crippen molar-refractivity contribution in [2.24, 2.45) is 0 Å². The fourth-order valence-corrected chi connectivity index (χ4v) is 1.78. The highest BCUT2D eigenvalue weighted by molar-refractivity contribution is 7.80. The van der Waals surface area contributed by atoms with Gasteiger partial charge in [0.25, 0.3) is 0 Å². The summed E-state index contributed by atoms with van der Waals surface area (Å²) in [4.78, 5) is 0.780. The molecule has 0 saturated carbocycles. The number of hydrogen-bond donors (Lipinski definition) is 0. The van der Waals surface area contributed by atoms with E-state index in [1.54, 1.807) is 30.4 Å². The van der Waals surface area contributed by atoms with E-state index in [1.165, 1.54) is 0 Å². The van der Waals surface area contributed by atoms with Gasteiger partial charge in [-0.3, -0.25) is 0 Å². The molecule has 1 aromatic rings. The Morgan fingerprint density at radius 2 is 2.06 bits per heavy atom. The first kappa shape index (κ1) is 12.0. The number of hydrogen-bond acceptors (Lipinski definition) is 4. The predicted octanol–water partition coefficient (Wildman–Crippen LogP) is 3.02. The monoisotopic (exact) mass is 252 g/mol. The molecule has 4 heteroatoms. The Kier molecular flexibility index (Phi) is 3.52. The molecule has 0 fully saturated rings. The van der Waals surface area contributed by atoms with Crippen LogP contribution < -0.4 is 4.74 Å². The Hall–Kier alpha value is -2.43. The lowest BCUT2D eigenvalue weighted by Crippen LogP contribution is -2.02. The van der Waals surface area contributed by atoms with Gasteiger partial charge in [0.15, 0.2) is 0 Å². The van der Waals surface area contributed by atoms with Crippen molar-refractivity contribution in [3.05, 3.63) is 53.3 Å². The number of ether oxygens (including phenoxy) is 1. The minimum atomic E-state index is 0.241. The second kappa shape index (κ2) is 5.27. The molecule has 0 radical (unpaired) electrons. The Balaban J connectivity index is 2.36. The van der Waals surface area contributed by atoms with Gasteiger partial charge in [0, 0.05) is 11.3 Å².